The van der Waals surface area contributed by atoms with E-state index in [0.29, 0.717) is 0 Å². The molecule has 82 valence electrons. The van der Waals surface area contributed by atoms with E-state index in [9.17, 15) is 5.11 Å². The fourth-order valence-corrected chi connectivity index (χ4v) is 2.91. The molecule has 2 rings (SSSR count). The first-order chi connectivity index (χ1) is 7.31. The molecule has 1 aliphatic heterocycles. The van der Waals surface area contributed by atoms with Crippen LogP contribution in [-0.2, 0) is 0 Å². The Labute approximate surface area is 95.1 Å². The lowest BCUT2D eigenvalue weighted by Crippen LogP contribution is -2.33. The van der Waals surface area contributed by atoms with Gasteiger partial charge in [-0.3, -0.25) is 0 Å². The fraction of sp³-hybridized carbons (Fsp3) is 0.500. The van der Waals surface area contributed by atoms with Gasteiger partial charge in [0.05, 0.1) is 12.1 Å². The summed E-state index contributed by atoms with van der Waals surface area (Å²) in [4.78, 5) is 1.25. The Morgan fingerprint density at radius 2 is 2.27 bits per heavy atom. The van der Waals surface area contributed by atoms with E-state index < -0.39 is 0 Å². The maximum Gasteiger partial charge on any atom is 0.0834 e. The fourth-order valence-electron chi connectivity index (χ4n) is 1.87. The number of hydrogen-bond acceptors (Lipinski definition) is 3. The van der Waals surface area contributed by atoms with Crippen LogP contribution in [0.1, 0.15) is 19.8 Å². The first-order valence-electron chi connectivity index (χ1n) is 5.47. The molecule has 0 bridgehead atoms. The van der Waals surface area contributed by atoms with Crippen LogP contribution in [0.25, 0.3) is 0 Å². The first-order valence-corrected chi connectivity index (χ1v) is 6.46. The molecule has 0 aromatic heterocycles. The third-order valence-electron chi connectivity index (χ3n) is 2.70. The Hall–Kier alpha value is -0.670. The number of hydrogen-bond donors (Lipinski definition) is 2. The smallest absolute Gasteiger partial charge is 0.0834 e. The number of aliphatic hydroxyl groups is 1. The Morgan fingerprint density at radius 3 is 3.07 bits per heavy atom. The van der Waals surface area contributed by atoms with Crippen LogP contribution in [-0.4, -0.2) is 23.0 Å². The van der Waals surface area contributed by atoms with Crippen molar-refractivity contribution >= 4 is 17.4 Å². The number of nitrogens with one attached hydrogen (secondary N) is 1. The summed E-state index contributed by atoms with van der Waals surface area (Å²) in [7, 11) is 0. The van der Waals surface area contributed by atoms with E-state index in [-0.39, 0.29) is 12.1 Å². The summed E-state index contributed by atoms with van der Waals surface area (Å²) >= 11 is 1.73. The highest BCUT2D eigenvalue weighted by molar-refractivity contribution is 7.99. The number of para-hydroxylation sites is 1. The molecule has 1 aromatic carbocycles. The molecule has 2 nitrogen and oxygen atoms in total. The maximum absolute atomic E-state index is 9.97. The maximum atomic E-state index is 9.97. The highest BCUT2D eigenvalue weighted by atomic mass is 32.2. The lowest BCUT2D eigenvalue weighted by Gasteiger charge is -2.21. The van der Waals surface area contributed by atoms with Crippen LogP contribution in [0.15, 0.2) is 29.2 Å². The topological polar surface area (TPSA) is 32.3 Å². The molecule has 15 heavy (non-hydrogen) atoms. The van der Waals surface area contributed by atoms with E-state index in [1.54, 1.807) is 11.8 Å². The molecule has 0 radical (unpaired) electrons. The minimum absolute atomic E-state index is 0.200. The van der Waals surface area contributed by atoms with Gasteiger partial charge in [-0.1, -0.05) is 25.5 Å². The number of aliphatic hydroxyl groups excluding tert-OH is 1. The molecule has 0 saturated carbocycles. The zero-order valence-electron chi connectivity index (χ0n) is 8.94. The van der Waals surface area contributed by atoms with Crippen LogP contribution in [0, 0.1) is 0 Å². The SMILES string of the molecule is CCC[C@@H]1Nc2ccccc2SC[C@H]1O. The van der Waals surface area contributed by atoms with Crippen molar-refractivity contribution in [3.05, 3.63) is 24.3 Å². The lowest BCUT2D eigenvalue weighted by molar-refractivity contribution is 0.172. The summed E-state index contributed by atoms with van der Waals surface area (Å²) in [5, 5.41) is 13.4. The molecule has 0 unspecified atom stereocenters. The molecule has 0 spiro atoms. The summed E-state index contributed by atoms with van der Waals surface area (Å²) in [6.07, 6.45) is 1.87. The van der Waals surface area contributed by atoms with Gasteiger partial charge in [0, 0.05) is 16.3 Å². The normalized spacial score (nSPS) is 25.2. The largest absolute Gasteiger partial charge is 0.390 e. The molecule has 1 aromatic rings. The quantitative estimate of drug-likeness (QED) is 0.808. The van der Waals surface area contributed by atoms with Gasteiger partial charge in [-0.15, -0.1) is 11.8 Å². The molecular formula is C12H17NOS. The van der Waals surface area contributed by atoms with E-state index in [1.807, 2.05) is 12.1 Å². The summed E-state index contributed by atoms with van der Waals surface area (Å²) in [5.41, 5.74) is 1.16. The van der Waals surface area contributed by atoms with Gasteiger partial charge >= 0.3 is 0 Å². The first kappa shape index (κ1) is 10.8. The summed E-state index contributed by atoms with van der Waals surface area (Å²) < 4.78 is 0. The molecule has 0 fully saturated rings. The number of rotatable bonds is 2. The molecule has 3 heteroatoms. The average Bonchev–Trinajstić information content (AvgIpc) is 2.41. The second-order valence-corrected chi connectivity index (χ2v) is 4.98. The van der Waals surface area contributed by atoms with Crippen molar-refractivity contribution in [2.75, 3.05) is 11.1 Å². The molecule has 2 atom stereocenters. The number of benzene rings is 1. The Kier molecular flexibility index (Phi) is 3.54. The minimum atomic E-state index is -0.248. The number of anilines is 1. The molecule has 0 aliphatic carbocycles. The van der Waals surface area contributed by atoms with E-state index in [2.05, 4.69) is 24.4 Å². The van der Waals surface area contributed by atoms with Crippen molar-refractivity contribution < 1.29 is 5.11 Å². The van der Waals surface area contributed by atoms with Gasteiger partial charge < -0.3 is 10.4 Å². The molecule has 1 heterocycles. The molecular weight excluding hydrogens is 206 g/mol. The van der Waals surface area contributed by atoms with Crippen molar-refractivity contribution in [1.29, 1.82) is 0 Å². The zero-order valence-corrected chi connectivity index (χ0v) is 9.76. The van der Waals surface area contributed by atoms with Gasteiger partial charge in [-0.05, 0) is 18.6 Å². The third-order valence-corrected chi connectivity index (χ3v) is 3.88. The highest BCUT2D eigenvalue weighted by Crippen LogP contribution is 2.32. The van der Waals surface area contributed by atoms with E-state index in [1.165, 1.54) is 4.90 Å². The van der Waals surface area contributed by atoms with Gasteiger partial charge in [-0.25, -0.2) is 0 Å². The van der Waals surface area contributed by atoms with Crippen LogP contribution in [0.5, 0.6) is 0 Å². The Bertz CT molecular complexity index is 329. The molecule has 1 aliphatic rings. The second kappa shape index (κ2) is 4.90. The zero-order chi connectivity index (χ0) is 10.7. The predicted octanol–water partition coefficient (Wildman–Crippen LogP) is 2.73. The number of thioether (sulfide) groups is 1. The van der Waals surface area contributed by atoms with Crippen LogP contribution < -0.4 is 5.32 Å². The standard InChI is InChI=1S/C12H17NOS/c1-2-5-9-11(14)8-15-12-7-4-3-6-10(12)13-9/h3-4,6-7,9,11,13-14H,2,5,8H2,1H3/t9-,11+/m0/s1. The highest BCUT2D eigenvalue weighted by Gasteiger charge is 2.22. The number of fused-ring (bicyclic) bond motifs is 1. The predicted molar refractivity (Wildman–Crippen MR) is 65.5 cm³/mol. The Balaban J connectivity index is 2.19. The van der Waals surface area contributed by atoms with Gasteiger partial charge in [0.25, 0.3) is 0 Å². The van der Waals surface area contributed by atoms with Crippen LogP contribution in [0.2, 0.25) is 0 Å². The van der Waals surface area contributed by atoms with E-state index >= 15 is 0 Å². The van der Waals surface area contributed by atoms with Gasteiger partial charge in [0.15, 0.2) is 0 Å². The van der Waals surface area contributed by atoms with Crippen LogP contribution in [0.4, 0.5) is 5.69 Å². The molecule has 0 amide bonds. The second-order valence-electron chi connectivity index (χ2n) is 3.91. The summed E-state index contributed by atoms with van der Waals surface area (Å²) in [6.45, 7) is 2.15. The molecule has 2 N–H and O–H groups in total. The van der Waals surface area contributed by atoms with Crippen LogP contribution >= 0.6 is 11.8 Å². The van der Waals surface area contributed by atoms with Gasteiger partial charge in [0.1, 0.15) is 0 Å². The summed E-state index contributed by atoms with van der Waals surface area (Å²) in [6, 6.07) is 8.47. The average molecular weight is 223 g/mol. The summed E-state index contributed by atoms with van der Waals surface area (Å²) in [5.74, 6) is 0.786. The van der Waals surface area contributed by atoms with Crippen LogP contribution in [0.3, 0.4) is 0 Å². The minimum Gasteiger partial charge on any atom is -0.390 e. The van der Waals surface area contributed by atoms with Crippen molar-refractivity contribution in [2.45, 2.75) is 36.8 Å². The van der Waals surface area contributed by atoms with Crippen molar-refractivity contribution in [2.24, 2.45) is 0 Å². The van der Waals surface area contributed by atoms with Gasteiger partial charge in [-0.2, -0.15) is 0 Å². The van der Waals surface area contributed by atoms with Crippen molar-refractivity contribution in [3.8, 4) is 0 Å². The van der Waals surface area contributed by atoms with Crippen molar-refractivity contribution in [3.63, 3.8) is 0 Å². The monoisotopic (exact) mass is 223 g/mol. The Morgan fingerprint density at radius 1 is 1.47 bits per heavy atom. The molecule has 0 saturated heterocycles. The third kappa shape index (κ3) is 2.47. The van der Waals surface area contributed by atoms with Gasteiger partial charge in [0.2, 0.25) is 0 Å². The lowest BCUT2D eigenvalue weighted by atomic mass is 10.1. The van der Waals surface area contributed by atoms with E-state index in [0.717, 1.165) is 24.3 Å². The van der Waals surface area contributed by atoms with Crippen molar-refractivity contribution in [1.82, 2.24) is 0 Å². The van der Waals surface area contributed by atoms with E-state index in [4.69, 9.17) is 0 Å².